The summed E-state index contributed by atoms with van der Waals surface area (Å²) in [7, 11) is 0. The van der Waals surface area contributed by atoms with Crippen molar-refractivity contribution in [3.8, 4) is 11.1 Å². The first-order valence-corrected chi connectivity index (χ1v) is 12.6. The van der Waals surface area contributed by atoms with E-state index in [1.54, 1.807) is 0 Å². The maximum atomic E-state index is 12.6. The van der Waals surface area contributed by atoms with Crippen molar-refractivity contribution in [1.82, 2.24) is 10.6 Å². The number of amides is 2. The summed E-state index contributed by atoms with van der Waals surface area (Å²) in [4.78, 5) is 36.0. The van der Waals surface area contributed by atoms with Crippen molar-refractivity contribution >= 4 is 18.0 Å². The molecular formula is C28H34N2O5. The van der Waals surface area contributed by atoms with Gasteiger partial charge in [0.1, 0.15) is 6.61 Å². The van der Waals surface area contributed by atoms with Gasteiger partial charge in [-0.05, 0) is 60.8 Å². The van der Waals surface area contributed by atoms with Crippen molar-refractivity contribution in [1.29, 1.82) is 0 Å². The van der Waals surface area contributed by atoms with Crippen LogP contribution in [0.5, 0.6) is 0 Å². The molecule has 1 unspecified atom stereocenters. The highest BCUT2D eigenvalue weighted by molar-refractivity contribution is 5.80. The molecule has 35 heavy (non-hydrogen) atoms. The Hall–Kier alpha value is -3.35. The fourth-order valence-corrected chi connectivity index (χ4v) is 5.30. The van der Waals surface area contributed by atoms with Gasteiger partial charge in [-0.3, -0.25) is 9.59 Å². The Balaban J connectivity index is 1.23. The zero-order chi connectivity index (χ0) is 24.8. The molecule has 0 heterocycles. The molecule has 2 aliphatic rings. The van der Waals surface area contributed by atoms with Crippen molar-refractivity contribution in [3.63, 3.8) is 0 Å². The number of benzene rings is 2. The van der Waals surface area contributed by atoms with Crippen LogP contribution in [0.2, 0.25) is 0 Å². The van der Waals surface area contributed by atoms with Gasteiger partial charge in [0, 0.05) is 30.3 Å². The Morgan fingerprint density at radius 2 is 1.57 bits per heavy atom. The molecule has 1 saturated carbocycles. The molecule has 0 aromatic heterocycles. The Kier molecular flexibility index (Phi) is 8.06. The van der Waals surface area contributed by atoms with E-state index >= 15 is 0 Å². The molecule has 7 heteroatoms. The molecule has 2 aliphatic carbocycles. The molecular weight excluding hydrogens is 444 g/mol. The van der Waals surface area contributed by atoms with E-state index in [1.165, 1.54) is 22.3 Å². The minimum atomic E-state index is -0.850. The van der Waals surface area contributed by atoms with Gasteiger partial charge >= 0.3 is 12.1 Å². The van der Waals surface area contributed by atoms with Crippen LogP contribution in [0, 0.1) is 5.92 Å². The lowest BCUT2D eigenvalue weighted by molar-refractivity contribution is -0.137. The average molecular weight is 479 g/mol. The van der Waals surface area contributed by atoms with Gasteiger partial charge in [-0.25, -0.2) is 4.79 Å². The molecule has 3 N–H and O–H groups in total. The molecule has 0 saturated heterocycles. The molecule has 0 spiro atoms. The standard InChI is InChI=1S/C28H34N2O5/c1-2-19(15-16-26(31)32)29-27(33)18-11-13-20(14-12-18)30-28(34)35-17-25-23-9-5-3-7-21(23)22-8-4-6-10-24(22)25/h3-10,18-20,25H,2,11-17H2,1H3,(H,29,33)(H,30,34)(H,31,32). The van der Waals surface area contributed by atoms with Crippen LogP contribution in [0.3, 0.4) is 0 Å². The first kappa shape index (κ1) is 24.8. The van der Waals surface area contributed by atoms with Gasteiger partial charge in [0.25, 0.3) is 0 Å². The van der Waals surface area contributed by atoms with E-state index in [4.69, 9.17) is 9.84 Å². The predicted octanol–water partition coefficient (Wildman–Crippen LogP) is 4.84. The number of carboxylic acids is 1. The van der Waals surface area contributed by atoms with Crippen LogP contribution in [0.25, 0.3) is 11.1 Å². The minimum absolute atomic E-state index is 0.0105. The van der Waals surface area contributed by atoms with Gasteiger partial charge in [-0.1, -0.05) is 55.5 Å². The number of nitrogens with one attached hydrogen (secondary N) is 2. The summed E-state index contributed by atoms with van der Waals surface area (Å²) in [5.74, 6) is -0.936. The number of aliphatic carboxylic acids is 1. The maximum absolute atomic E-state index is 12.6. The number of fused-ring (bicyclic) bond motifs is 3. The Bertz CT molecular complexity index is 1020. The number of carbonyl (C=O) groups excluding carboxylic acids is 2. The molecule has 1 atom stereocenters. The topological polar surface area (TPSA) is 105 Å². The van der Waals surface area contributed by atoms with Gasteiger partial charge in [0.2, 0.25) is 5.91 Å². The number of hydrogen-bond acceptors (Lipinski definition) is 4. The average Bonchev–Trinajstić information content (AvgIpc) is 3.19. The quantitative estimate of drug-likeness (QED) is 0.478. The zero-order valence-electron chi connectivity index (χ0n) is 20.2. The van der Waals surface area contributed by atoms with Gasteiger partial charge < -0.3 is 20.5 Å². The number of hydrogen-bond donors (Lipinski definition) is 3. The Labute approximate surface area is 206 Å². The third-order valence-corrected chi connectivity index (χ3v) is 7.31. The highest BCUT2D eigenvalue weighted by Crippen LogP contribution is 2.44. The minimum Gasteiger partial charge on any atom is -0.481 e. The summed E-state index contributed by atoms with van der Waals surface area (Å²) < 4.78 is 5.65. The second-order valence-electron chi connectivity index (χ2n) is 9.56. The second-order valence-corrected chi connectivity index (χ2v) is 9.56. The van der Waals surface area contributed by atoms with E-state index in [2.05, 4.69) is 34.9 Å². The zero-order valence-corrected chi connectivity index (χ0v) is 20.2. The van der Waals surface area contributed by atoms with Crippen LogP contribution >= 0.6 is 0 Å². The SMILES string of the molecule is CCC(CCC(=O)O)NC(=O)C1CCC(NC(=O)OCC2c3ccccc3-c3ccccc32)CC1. The number of carbonyl (C=O) groups is 3. The molecule has 4 rings (SSSR count). The molecule has 186 valence electrons. The molecule has 7 nitrogen and oxygen atoms in total. The molecule has 2 aromatic carbocycles. The smallest absolute Gasteiger partial charge is 0.407 e. The van der Waals surface area contributed by atoms with E-state index in [-0.39, 0.29) is 42.9 Å². The maximum Gasteiger partial charge on any atom is 0.407 e. The van der Waals surface area contributed by atoms with Gasteiger partial charge in [-0.15, -0.1) is 0 Å². The van der Waals surface area contributed by atoms with Crippen LogP contribution in [0.15, 0.2) is 48.5 Å². The van der Waals surface area contributed by atoms with Crippen LogP contribution < -0.4 is 10.6 Å². The van der Waals surface area contributed by atoms with E-state index < -0.39 is 12.1 Å². The number of rotatable bonds is 9. The lowest BCUT2D eigenvalue weighted by atomic mass is 9.85. The van der Waals surface area contributed by atoms with E-state index in [0.29, 0.717) is 38.5 Å². The monoisotopic (exact) mass is 478 g/mol. The Morgan fingerprint density at radius 1 is 0.971 bits per heavy atom. The number of ether oxygens (including phenoxy) is 1. The van der Waals surface area contributed by atoms with Crippen LogP contribution in [0.4, 0.5) is 4.79 Å². The number of alkyl carbamates (subject to hydrolysis) is 1. The first-order chi connectivity index (χ1) is 17.0. The van der Waals surface area contributed by atoms with E-state index in [9.17, 15) is 14.4 Å². The Morgan fingerprint density at radius 3 is 2.14 bits per heavy atom. The molecule has 0 radical (unpaired) electrons. The van der Waals surface area contributed by atoms with Crippen LogP contribution in [-0.2, 0) is 14.3 Å². The van der Waals surface area contributed by atoms with E-state index in [1.807, 2.05) is 31.2 Å². The summed E-state index contributed by atoms with van der Waals surface area (Å²) in [5.41, 5.74) is 4.76. The molecule has 0 aliphatic heterocycles. The van der Waals surface area contributed by atoms with Gasteiger partial charge in [-0.2, -0.15) is 0 Å². The summed E-state index contributed by atoms with van der Waals surface area (Å²) >= 11 is 0. The fourth-order valence-electron chi connectivity index (χ4n) is 5.30. The third kappa shape index (κ3) is 6.02. The second kappa shape index (κ2) is 11.4. The largest absolute Gasteiger partial charge is 0.481 e. The van der Waals surface area contributed by atoms with E-state index in [0.717, 1.165) is 0 Å². The normalized spacial score (nSPS) is 19.8. The molecule has 1 fully saturated rings. The lowest BCUT2D eigenvalue weighted by Crippen LogP contribution is -2.43. The van der Waals surface area contributed by atoms with Gasteiger partial charge in [0.05, 0.1) is 0 Å². The third-order valence-electron chi connectivity index (χ3n) is 7.31. The first-order valence-electron chi connectivity index (χ1n) is 12.6. The fraction of sp³-hybridized carbons (Fsp3) is 0.464. The lowest BCUT2D eigenvalue weighted by Gasteiger charge is -2.29. The van der Waals surface area contributed by atoms with Crippen LogP contribution in [0.1, 0.15) is 68.9 Å². The van der Waals surface area contributed by atoms with Gasteiger partial charge in [0.15, 0.2) is 0 Å². The van der Waals surface area contributed by atoms with Crippen LogP contribution in [-0.4, -0.2) is 41.8 Å². The van der Waals surface area contributed by atoms with Crippen molar-refractivity contribution in [2.24, 2.45) is 5.92 Å². The van der Waals surface area contributed by atoms with Crippen molar-refractivity contribution in [3.05, 3.63) is 59.7 Å². The predicted molar refractivity (Wildman–Crippen MR) is 133 cm³/mol. The summed E-state index contributed by atoms with van der Waals surface area (Å²) in [6.07, 6.45) is 3.59. The van der Waals surface area contributed by atoms with Crippen molar-refractivity contribution < 1.29 is 24.2 Å². The van der Waals surface area contributed by atoms with Crippen molar-refractivity contribution in [2.45, 2.75) is 69.9 Å². The van der Waals surface area contributed by atoms with Crippen molar-refractivity contribution in [2.75, 3.05) is 6.61 Å². The highest BCUT2D eigenvalue weighted by atomic mass is 16.5. The molecule has 2 amide bonds. The summed E-state index contributed by atoms with van der Waals surface area (Å²) in [6, 6.07) is 16.4. The molecule has 0 bridgehead atoms. The molecule has 2 aromatic rings. The number of carboxylic acid groups (broad SMARTS) is 1. The summed E-state index contributed by atoms with van der Waals surface area (Å²) in [5, 5.41) is 14.8. The summed E-state index contributed by atoms with van der Waals surface area (Å²) in [6.45, 7) is 2.23. The highest BCUT2D eigenvalue weighted by Gasteiger charge is 2.31.